The number of hydrogen-bond donors (Lipinski definition) is 2. The number of aryl methyl sites for hydroxylation is 1. The van der Waals surface area contributed by atoms with Crippen LogP contribution in [0.5, 0.6) is 0 Å². The monoisotopic (exact) mass is 325 g/mol. The second-order valence-electron chi connectivity index (χ2n) is 4.69. The molecule has 5 nitrogen and oxygen atoms in total. The van der Waals surface area contributed by atoms with Gasteiger partial charge < -0.3 is 5.32 Å². The summed E-state index contributed by atoms with van der Waals surface area (Å²) in [7, 11) is -3.39. The van der Waals surface area contributed by atoms with E-state index in [4.69, 9.17) is 0 Å². The van der Waals surface area contributed by atoms with Crippen molar-refractivity contribution in [3.8, 4) is 0 Å². The summed E-state index contributed by atoms with van der Waals surface area (Å²) in [5.41, 5.74) is 3.73. The zero-order chi connectivity index (χ0) is 15.5. The van der Waals surface area contributed by atoms with E-state index < -0.39 is 10.0 Å². The summed E-state index contributed by atoms with van der Waals surface area (Å²) < 4.78 is 26.2. The lowest BCUT2D eigenvalue weighted by atomic mass is 10.2. The Morgan fingerprint density at radius 2 is 1.95 bits per heavy atom. The molecule has 0 aliphatic rings. The lowest BCUT2D eigenvalue weighted by molar-refractivity contribution is 0.584. The number of nitrogens with one attached hydrogen (secondary N) is 2. The van der Waals surface area contributed by atoms with Gasteiger partial charge in [-0.25, -0.2) is 18.1 Å². The van der Waals surface area contributed by atoms with Crippen molar-refractivity contribution in [1.29, 1.82) is 0 Å². The Hall–Kier alpha value is -1.44. The molecule has 0 fully saturated rings. The van der Waals surface area contributed by atoms with E-state index in [1.165, 1.54) is 4.88 Å². The van der Waals surface area contributed by atoms with Crippen LogP contribution in [-0.2, 0) is 10.0 Å². The van der Waals surface area contributed by atoms with E-state index >= 15 is 0 Å². The molecule has 0 saturated heterocycles. The highest BCUT2D eigenvalue weighted by atomic mass is 32.2. The van der Waals surface area contributed by atoms with E-state index in [2.05, 4.69) is 21.9 Å². The highest BCUT2D eigenvalue weighted by Gasteiger charge is 2.13. The summed E-state index contributed by atoms with van der Waals surface area (Å²) in [5, 5.41) is 3.35. The van der Waals surface area contributed by atoms with E-state index in [0.29, 0.717) is 6.54 Å². The van der Waals surface area contributed by atoms with Crippen LogP contribution >= 0.6 is 11.3 Å². The summed E-state index contributed by atoms with van der Waals surface area (Å²) in [6.45, 7) is 6.18. The van der Waals surface area contributed by atoms with Gasteiger partial charge in [0.15, 0.2) is 0 Å². The van der Waals surface area contributed by atoms with Crippen LogP contribution in [-0.4, -0.2) is 19.9 Å². The number of thiazole rings is 1. The maximum absolute atomic E-state index is 11.9. The van der Waals surface area contributed by atoms with Crippen LogP contribution in [0, 0.1) is 6.92 Å². The molecule has 21 heavy (non-hydrogen) atoms. The van der Waals surface area contributed by atoms with Gasteiger partial charge in [0, 0.05) is 17.1 Å². The molecule has 0 amide bonds. The van der Waals surface area contributed by atoms with Crippen molar-refractivity contribution in [2.45, 2.75) is 31.7 Å². The first kappa shape index (κ1) is 15.9. The largest absolute Gasteiger partial charge is 0.378 e. The van der Waals surface area contributed by atoms with Gasteiger partial charge in [-0.15, -0.1) is 11.3 Å². The molecule has 7 heteroatoms. The molecule has 0 bridgehead atoms. The fourth-order valence-corrected chi connectivity index (χ4v) is 3.90. The summed E-state index contributed by atoms with van der Waals surface area (Å²) in [4.78, 5) is 5.69. The highest BCUT2D eigenvalue weighted by molar-refractivity contribution is 7.89. The standard InChI is InChI=1S/C14H19N3O2S2/c1-4-16-21(18,19)13-7-5-12(6-8-13)17-11(3)14-10(2)15-9-20-14/h5-9,11,16-17H,4H2,1-3H3. The second-order valence-corrected chi connectivity index (χ2v) is 7.35. The smallest absolute Gasteiger partial charge is 0.240 e. The maximum Gasteiger partial charge on any atom is 0.240 e. The summed E-state index contributed by atoms with van der Waals surface area (Å²) in [6, 6.07) is 6.89. The molecule has 0 saturated carbocycles. The van der Waals surface area contributed by atoms with Crippen molar-refractivity contribution in [2.75, 3.05) is 11.9 Å². The zero-order valence-corrected chi connectivity index (χ0v) is 13.9. The molecule has 114 valence electrons. The molecule has 0 aliphatic heterocycles. The lowest BCUT2D eigenvalue weighted by Gasteiger charge is -2.14. The van der Waals surface area contributed by atoms with Crippen LogP contribution in [0.15, 0.2) is 34.7 Å². The van der Waals surface area contributed by atoms with E-state index in [1.807, 2.05) is 12.4 Å². The minimum atomic E-state index is -3.39. The van der Waals surface area contributed by atoms with Crippen molar-refractivity contribution in [3.05, 3.63) is 40.3 Å². The SMILES string of the molecule is CCNS(=O)(=O)c1ccc(NC(C)c2scnc2C)cc1. The van der Waals surface area contributed by atoms with Gasteiger partial charge in [0.25, 0.3) is 0 Å². The van der Waals surface area contributed by atoms with Gasteiger partial charge in [0.2, 0.25) is 10.0 Å². The van der Waals surface area contributed by atoms with Crippen molar-refractivity contribution >= 4 is 27.0 Å². The van der Waals surface area contributed by atoms with Gasteiger partial charge in [0.05, 0.1) is 22.1 Å². The van der Waals surface area contributed by atoms with Gasteiger partial charge in [-0.3, -0.25) is 0 Å². The number of nitrogens with zero attached hydrogens (tertiary/aromatic N) is 1. The second kappa shape index (κ2) is 6.55. The van der Waals surface area contributed by atoms with Crippen LogP contribution in [0.1, 0.15) is 30.5 Å². The lowest BCUT2D eigenvalue weighted by Crippen LogP contribution is -2.23. The first-order chi connectivity index (χ1) is 9.94. The zero-order valence-electron chi connectivity index (χ0n) is 12.3. The molecule has 1 aromatic carbocycles. The highest BCUT2D eigenvalue weighted by Crippen LogP contribution is 2.25. The molecule has 0 radical (unpaired) electrons. The Kier molecular flexibility index (Phi) is 4.97. The predicted octanol–water partition coefficient (Wildman–Crippen LogP) is 2.92. The Bertz CT molecular complexity index is 693. The number of rotatable bonds is 6. The van der Waals surface area contributed by atoms with E-state index in [1.54, 1.807) is 42.5 Å². The Morgan fingerprint density at radius 3 is 2.48 bits per heavy atom. The molecule has 1 atom stereocenters. The molecular weight excluding hydrogens is 306 g/mol. The Labute approximate surface area is 129 Å². The van der Waals surface area contributed by atoms with E-state index in [0.717, 1.165) is 11.4 Å². The first-order valence-corrected chi connectivity index (χ1v) is 9.06. The molecule has 2 rings (SSSR count). The Morgan fingerprint density at radius 1 is 1.29 bits per heavy atom. The average Bonchev–Trinajstić information content (AvgIpc) is 2.85. The summed E-state index contributed by atoms with van der Waals surface area (Å²) in [6.07, 6.45) is 0. The third-order valence-corrected chi connectivity index (χ3v) is 5.73. The fourth-order valence-electron chi connectivity index (χ4n) is 2.05. The summed E-state index contributed by atoms with van der Waals surface area (Å²) in [5.74, 6) is 0. The van der Waals surface area contributed by atoms with Crippen LogP contribution in [0.4, 0.5) is 5.69 Å². The molecule has 2 N–H and O–H groups in total. The molecular formula is C14H19N3O2S2. The number of aromatic nitrogens is 1. The van der Waals surface area contributed by atoms with Gasteiger partial charge in [-0.05, 0) is 38.1 Å². The van der Waals surface area contributed by atoms with Crippen molar-refractivity contribution in [2.24, 2.45) is 0 Å². The third-order valence-electron chi connectivity index (χ3n) is 3.06. The Balaban J connectivity index is 2.11. The van der Waals surface area contributed by atoms with Crippen LogP contribution in [0.2, 0.25) is 0 Å². The predicted molar refractivity (Wildman–Crippen MR) is 86.2 cm³/mol. The van der Waals surface area contributed by atoms with E-state index in [-0.39, 0.29) is 10.9 Å². The molecule has 0 spiro atoms. The minimum absolute atomic E-state index is 0.133. The topological polar surface area (TPSA) is 71.1 Å². The maximum atomic E-state index is 11.9. The number of sulfonamides is 1. The van der Waals surface area contributed by atoms with Crippen molar-refractivity contribution in [3.63, 3.8) is 0 Å². The van der Waals surface area contributed by atoms with Crippen molar-refractivity contribution in [1.82, 2.24) is 9.71 Å². The molecule has 1 aromatic heterocycles. The molecule has 2 aromatic rings. The van der Waals surface area contributed by atoms with Crippen LogP contribution in [0.25, 0.3) is 0 Å². The fraction of sp³-hybridized carbons (Fsp3) is 0.357. The first-order valence-electron chi connectivity index (χ1n) is 6.70. The third kappa shape index (κ3) is 3.81. The van der Waals surface area contributed by atoms with Crippen molar-refractivity contribution < 1.29 is 8.42 Å². The van der Waals surface area contributed by atoms with Gasteiger partial charge >= 0.3 is 0 Å². The van der Waals surface area contributed by atoms with Crippen LogP contribution in [0.3, 0.4) is 0 Å². The number of benzene rings is 1. The number of anilines is 1. The minimum Gasteiger partial charge on any atom is -0.378 e. The van der Waals surface area contributed by atoms with Gasteiger partial charge in [0.1, 0.15) is 0 Å². The van der Waals surface area contributed by atoms with Crippen LogP contribution < -0.4 is 10.0 Å². The number of hydrogen-bond acceptors (Lipinski definition) is 5. The normalized spacial score (nSPS) is 13.1. The van der Waals surface area contributed by atoms with Gasteiger partial charge in [-0.2, -0.15) is 0 Å². The molecule has 0 aliphatic carbocycles. The molecule has 1 heterocycles. The quantitative estimate of drug-likeness (QED) is 0.856. The summed E-state index contributed by atoms with van der Waals surface area (Å²) >= 11 is 1.61. The average molecular weight is 325 g/mol. The molecule has 1 unspecified atom stereocenters. The van der Waals surface area contributed by atoms with Gasteiger partial charge in [-0.1, -0.05) is 6.92 Å². The van der Waals surface area contributed by atoms with E-state index in [9.17, 15) is 8.42 Å².